The number of hydrogen-bond acceptors (Lipinski definition) is 7. The molecule has 10 nitrogen and oxygen atoms in total. The molecule has 0 aromatic heterocycles. The minimum absolute atomic E-state index is 0.106. The van der Waals surface area contributed by atoms with Crippen molar-refractivity contribution in [1.82, 2.24) is 9.73 Å². The van der Waals surface area contributed by atoms with Gasteiger partial charge >= 0.3 is 0 Å². The van der Waals surface area contributed by atoms with Gasteiger partial charge in [-0.25, -0.2) is 13.8 Å². The lowest BCUT2D eigenvalue weighted by molar-refractivity contribution is -0.384. The zero-order valence-electron chi connectivity index (χ0n) is 15.7. The fourth-order valence-corrected chi connectivity index (χ4v) is 3.87. The number of hydrogen-bond donors (Lipinski definition) is 1. The quantitative estimate of drug-likeness (QED) is 0.355. The minimum Gasteiger partial charge on any atom is -0.495 e. The first-order chi connectivity index (χ1) is 14.1. The first-order valence-electron chi connectivity index (χ1n) is 8.12. The van der Waals surface area contributed by atoms with Crippen molar-refractivity contribution in [2.45, 2.75) is 4.90 Å². The van der Waals surface area contributed by atoms with Crippen LogP contribution in [0.4, 0.5) is 5.69 Å². The van der Waals surface area contributed by atoms with Gasteiger partial charge in [-0.1, -0.05) is 23.2 Å². The Bertz CT molecular complexity index is 1110. The highest BCUT2D eigenvalue weighted by atomic mass is 35.5. The molecule has 0 bridgehead atoms. The SMILES string of the molecule is COc1ccc(S(=O)(=O)N(C)CC(=O)N/N=C\c2cc([N+](=O)[O-])ccc2Cl)cc1Cl. The number of sulfonamides is 1. The smallest absolute Gasteiger partial charge is 0.270 e. The molecule has 0 atom stereocenters. The summed E-state index contributed by atoms with van der Waals surface area (Å²) in [5.41, 5.74) is 2.15. The Kier molecular flexibility index (Phi) is 7.73. The Morgan fingerprint density at radius 1 is 1.27 bits per heavy atom. The van der Waals surface area contributed by atoms with Crippen molar-refractivity contribution in [2.24, 2.45) is 5.10 Å². The van der Waals surface area contributed by atoms with E-state index in [2.05, 4.69) is 10.5 Å². The van der Waals surface area contributed by atoms with Gasteiger partial charge in [0, 0.05) is 29.8 Å². The predicted octanol–water partition coefficient (Wildman–Crippen LogP) is 2.68. The number of hydrazone groups is 1. The first kappa shape index (κ1) is 23.5. The van der Waals surface area contributed by atoms with E-state index < -0.39 is 27.4 Å². The maximum Gasteiger partial charge on any atom is 0.270 e. The van der Waals surface area contributed by atoms with E-state index in [0.29, 0.717) is 5.75 Å². The molecule has 0 unspecified atom stereocenters. The van der Waals surface area contributed by atoms with Crippen LogP contribution in [-0.2, 0) is 14.8 Å². The Morgan fingerprint density at radius 2 is 1.97 bits per heavy atom. The molecule has 2 rings (SSSR count). The Hall–Kier alpha value is -2.73. The summed E-state index contributed by atoms with van der Waals surface area (Å²) in [7, 11) is -1.38. The maximum absolute atomic E-state index is 12.6. The number of methoxy groups -OCH3 is 1. The van der Waals surface area contributed by atoms with Crippen LogP contribution in [-0.4, -0.2) is 50.5 Å². The van der Waals surface area contributed by atoms with Crippen LogP contribution < -0.4 is 10.2 Å². The highest BCUT2D eigenvalue weighted by Gasteiger charge is 2.24. The fraction of sp³-hybridized carbons (Fsp3) is 0.176. The number of nitro benzene ring substituents is 1. The van der Waals surface area contributed by atoms with E-state index in [9.17, 15) is 23.3 Å². The number of carbonyl (C=O) groups is 1. The van der Waals surface area contributed by atoms with Gasteiger partial charge in [-0.05, 0) is 24.3 Å². The number of amides is 1. The number of nitro groups is 1. The molecule has 13 heteroatoms. The lowest BCUT2D eigenvalue weighted by atomic mass is 10.2. The molecule has 1 N–H and O–H groups in total. The molecular formula is C17H16Cl2N4O6S. The summed E-state index contributed by atoms with van der Waals surface area (Å²) in [5, 5.41) is 14.8. The van der Waals surface area contributed by atoms with Crippen LogP contribution in [0.25, 0.3) is 0 Å². The van der Waals surface area contributed by atoms with E-state index in [1.807, 2.05) is 0 Å². The normalized spacial score (nSPS) is 11.6. The van der Waals surface area contributed by atoms with Crippen molar-refractivity contribution in [2.75, 3.05) is 20.7 Å². The largest absolute Gasteiger partial charge is 0.495 e. The first-order valence-corrected chi connectivity index (χ1v) is 10.3. The highest BCUT2D eigenvalue weighted by molar-refractivity contribution is 7.89. The molecule has 0 heterocycles. The molecule has 0 aliphatic carbocycles. The van der Waals surface area contributed by atoms with E-state index >= 15 is 0 Å². The second-order valence-corrected chi connectivity index (χ2v) is 8.67. The van der Waals surface area contributed by atoms with Crippen LogP contribution in [0.15, 0.2) is 46.4 Å². The zero-order valence-corrected chi connectivity index (χ0v) is 18.0. The van der Waals surface area contributed by atoms with Gasteiger partial charge in [0.05, 0.1) is 34.7 Å². The number of rotatable bonds is 8. The Labute approximate surface area is 182 Å². The third kappa shape index (κ3) is 5.66. The number of carbonyl (C=O) groups excluding carboxylic acids is 1. The number of halogens is 2. The van der Waals surface area contributed by atoms with Gasteiger partial charge < -0.3 is 4.74 Å². The number of benzene rings is 2. The maximum atomic E-state index is 12.6. The summed E-state index contributed by atoms with van der Waals surface area (Å²) in [6.45, 7) is -0.536. The lowest BCUT2D eigenvalue weighted by Crippen LogP contribution is -2.36. The van der Waals surface area contributed by atoms with Gasteiger partial charge in [-0.2, -0.15) is 9.41 Å². The van der Waals surface area contributed by atoms with E-state index in [-0.39, 0.29) is 26.2 Å². The molecule has 0 spiro atoms. The van der Waals surface area contributed by atoms with Crippen molar-refractivity contribution in [1.29, 1.82) is 0 Å². The summed E-state index contributed by atoms with van der Waals surface area (Å²) in [5.74, 6) is -0.427. The van der Waals surface area contributed by atoms with Crippen molar-refractivity contribution in [3.63, 3.8) is 0 Å². The van der Waals surface area contributed by atoms with Crippen molar-refractivity contribution in [3.8, 4) is 5.75 Å². The minimum atomic E-state index is -4.00. The number of ether oxygens (including phenoxy) is 1. The summed E-state index contributed by atoms with van der Waals surface area (Å²) in [6.07, 6.45) is 1.12. The molecule has 0 aliphatic rings. The van der Waals surface area contributed by atoms with Crippen LogP contribution in [0, 0.1) is 10.1 Å². The van der Waals surface area contributed by atoms with E-state index in [0.717, 1.165) is 10.5 Å². The highest BCUT2D eigenvalue weighted by Crippen LogP contribution is 2.28. The second kappa shape index (κ2) is 9.85. The molecule has 0 saturated heterocycles. The van der Waals surface area contributed by atoms with E-state index in [1.165, 1.54) is 50.6 Å². The van der Waals surface area contributed by atoms with Gasteiger partial charge in [0.2, 0.25) is 10.0 Å². The molecule has 30 heavy (non-hydrogen) atoms. The van der Waals surface area contributed by atoms with E-state index in [1.54, 1.807) is 0 Å². The molecule has 0 radical (unpaired) electrons. The molecule has 2 aromatic carbocycles. The molecule has 0 fully saturated rings. The summed E-state index contributed by atoms with van der Waals surface area (Å²) in [6, 6.07) is 7.65. The monoisotopic (exact) mass is 474 g/mol. The van der Waals surface area contributed by atoms with Crippen LogP contribution in [0.2, 0.25) is 10.0 Å². The van der Waals surface area contributed by atoms with Gasteiger partial charge in [0.15, 0.2) is 0 Å². The second-order valence-electron chi connectivity index (χ2n) is 5.81. The summed E-state index contributed by atoms with van der Waals surface area (Å²) < 4.78 is 31.0. The summed E-state index contributed by atoms with van der Waals surface area (Å²) in [4.78, 5) is 22.1. The average molecular weight is 475 g/mol. The zero-order chi connectivity index (χ0) is 22.5. The molecule has 2 aromatic rings. The van der Waals surface area contributed by atoms with Crippen LogP contribution in [0.1, 0.15) is 5.56 Å². The molecule has 0 aliphatic heterocycles. The van der Waals surface area contributed by atoms with E-state index in [4.69, 9.17) is 27.9 Å². The van der Waals surface area contributed by atoms with Gasteiger partial charge in [-0.3, -0.25) is 14.9 Å². The van der Waals surface area contributed by atoms with Crippen LogP contribution in [0.5, 0.6) is 5.75 Å². The van der Waals surface area contributed by atoms with Crippen molar-refractivity contribution < 1.29 is 22.9 Å². The lowest BCUT2D eigenvalue weighted by Gasteiger charge is -2.16. The third-order valence-electron chi connectivity index (χ3n) is 3.78. The van der Waals surface area contributed by atoms with Gasteiger partial charge in [0.25, 0.3) is 11.6 Å². The van der Waals surface area contributed by atoms with Crippen LogP contribution >= 0.6 is 23.2 Å². The number of non-ortho nitro benzene ring substituents is 1. The average Bonchev–Trinajstić information content (AvgIpc) is 2.68. The van der Waals surface area contributed by atoms with Gasteiger partial charge in [-0.15, -0.1) is 0 Å². The molecule has 0 saturated carbocycles. The standard InChI is InChI=1S/C17H16Cl2N4O6S/c1-22(30(27,28)13-4-6-16(29-2)15(19)8-13)10-17(24)21-20-9-11-7-12(23(25)26)3-5-14(11)18/h3-9H,10H2,1-2H3,(H,21,24)/b20-9-. The number of nitrogens with one attached hydrogen (secondary N) is 1. The predicted molar refractivity (Wildman–Crippen MR) is 112 cm³/mol. The topological polar surface area (TPSA) is 131 Å². The fourth-order valence-electron chi connectivity index (χ4n) is 2.23. The van der Waals surface area contributed by atoms with Crippen molar-refractivity contribution in [3.05, 3.63) is 62.1 Å². The molecule has 1 amide bonds. The van der Waals surface area contributed by atoms with Gasteiger partial charge in [0.1, 0.15) is 5.75 Å². The Morgan fingerprint density at radius 3 is 2.57 bits per heavy atom. The molecule has 160 valence electrons. The number of likely N-dealkylation sites (N-methyl/N-ethyl adjacent to an activating group) is 1. The Balaban J connectivity index is 2.05. The number of nitrogens with zero attached hydrogens (tertiary/aromatic N) is 3. The van der Waals surface area contributed by atoms with Crippen LogP contribution in [0.3, 0.4) is 0 Å². The third-order valence-corrected chi connectivity index (χ3v) is 6.22. The van der Waals surface area contributed by atoms with Crippen molar-refractivity contribution >= 4 is 51.0 Å². The summed E-state index contributed by atoms with van der Waals surface area (Å²) >= 11 is 11.9. The molecular weight excluding hydrogens is 459 g/mol.